The van der Waals surface area contributed by atoms with Gasteiger partial charge in [0.15, 0.2) is 0 Å². The Morgan fingerprint density at radius 1 is 0.829 bits per heavy atom. The van der Waals surface area contributed by atoms with Crippen LogP contribution in [-0.2, 0) is 19.2 Å². The Morgan fingerprint density at radius 2 is 1.57 bits per heavy atom. The van der Waals surface area contributed by atoms with Gasteiger partial charge in [0, 0.05) is 77.2 Å². The number of nitrogens with one attached hydrogen (secondary N) is 6. The minimum atomic E-state index is -0.999. The predicted octanol–water partition coefficient (Wildman–Crippen LogP) is 8.53. The molecule has 1 aliphatic heterocycles. The quantitative estimate of drug-likeness (QED) is 0.0489. The SMILES string of the molecule is Cc1ncsc1-c1ccc([C@H](C)NC(=O)C2C[C@@H](O)CN2C(=O)[C@@H](NC(=O)CCCC(=O)Nc2ccc(C(=O)Nc3cccc(Nc4cc(-c5c[nH]c6ccccc56)ncn4)c3)cc2)C(C)(C)C)cc1. The van der Waals surface area contributed by atoms with Gasteiger partial charge in [-0.05, 0) is 85.3 Å². The third-order valence-electron chi connectivity index (χ3n) is 12.2. The molecule has 360 valence electrons. The molecule has 16 nitrogen and oxygen atoms in total. The van der Waals surface area contributed by atoms with Gasteiger partial charge in [-0.25, -0.2) is 15.0 Å². The van der Waals surface area contributed by atoms with E-state index in [1.807, 2.05) is 108 Å². The number of benzene rings is 4. The zero-order valence-corrected chi connectivity index (χ0v) is 40.4. The van der Waals surface area contributed by atoms with Gasteiger partial charge >= 0.3 is 0 Å². The van der Waals surface area contributed by atoms with Gasteiger partial charge in [-0.1, -0.05) is 69.3 Å². The molecule has 0 aliphatic carbocycles. The van der Waals surface area contributed by atoms with Crippen LogP contribution in [0.2, 0.25) is 0 Å². The van der Waals surface area contributed by atoms with Crippen LogP contribution in [0.4, 0.5) is 22.9 Å². The highest BCUT2D eigenvalue weighted by molar-refractivity contribution is 7.13. The molecule has 4 atom stereocenters. The van der Waals surface area contributed by atoms with Crippen molar-refractivity contribution < 1.29 is 29.1 Å². The second-order valence-corrected chi connectivity index (χ2v) is 19.4. The van der Waals surface area contributed by atoms with E-state index in [9.17, 15) is 29.1 Å². The Labute approximate surface area is 409 Å². The number of H-pyrrole nitrogens is 1. The van der Waals surface area contributed by atoms with Gasteiger partial charge in [0.05, 0.1) is 33.9 Å². The van der Waals surface area contributed by atoms with E-state index in [1.54, 1.807) is 53.2 Å². The Hall–Kier alpha value is -7.76. The highest BCUT2D eigenvalue weighted by Crippen LogP contribution is 2.31. The van der Waals surface area contributed by atoms with Crippen molar-refractivity contribution in [2.45, 2.75) is 84.5 Å². The minimum absolute atomic E-state index is 0.0277. The number of nitrogens with zero attached hydrogens (tertiary/aromatic N) is 4. The van der Waals surface area contributed by atoms with Crippen LogP contribution in [0.25, 0.3) is 32.6 Å². The average molecular weight is 961 g/mol. The lowest BCUT2D eigenvalue weighted by Crippen LogP contribution is -2.57. The van der Waals surface area contributed by atoms with Crippen molar-refractivity contribution in [2.75, 3.05) is 22.5 Å². The fraction of sp³-hybridized carbons (Fsp3) is 0.283. The number of thiazole rings is 1. The van der Waals surface area contributed by atoms with Crippen molar-refractivity contribution in [1.29, 1.82) is 0 Å². The first-order chi connectivity index (χ1) is 33.6. The van der Waals surface area contributed by atoms with Crippen molar-refractivity contribution in [2.24, 2.45) is 5.41 Å². The zero-order chi connectivity index (χ0) is 49.5. The number of aromatic nitrogens is 4. The first kappa shape index (κ1) is 48.7. The molecule has 1 saturated heterocycles. The van der Waals surface area contributed by atoms with Crippen LogP contribution >= 0.6 is 11.3 Å². The molecular weight excluding hydrogens is 905 g/mol. The van der Waals surface area contributed by atoms with Gasteiger partial charge < -0.3 is 41.6 Å². The molecule has 17 heteroatoms. The highest BCUT2D eigenvalue weighted by atomic mass is 32.1. The third-order valence-corrected chi connectivity index (χ3v) is 13.2. The number of likely N-dealkylation sites (tertiary alicyclic amines) is 1. The largest absolute Gasteiger partial charge is 0.391 e. The van der Waals surface area contributed by atoms with E-state index in [0.717, 1.165) is 43.9 Å². The van der Waals surface area contributed by atoms with E-state index in [4.69, 9.17) is 0 Å². The number of rotatable bonds is 16. The first-order valence-electron chi connectivity index (χ1n) is 23.1. The molecule has 1 unspecified atom stereocenters. The lowest BCUT2D eigenvalue weighted by atomic mass is 9.85. The summed E-state index contributed by atoms with van der Waals surface area (Å²) in [7, 11) is 0. The molecule has 7 aromatic rings. The second-order valence-electron chi connectivity index (χ2n) is 18.6. The van der Waals surface area contributed by atoms with Crippen molar-refractivity contribution in [1.82, 2.24) is 35.5 Å². The van der Waals surface area contributed by atoms with Crippen molar-refractivity contribution in [3.8, 4) is 21.7 Å². The zero-order valence-electron chi connectivity index (χ0n) is 39.6. The van der Waals surface area contributed by atoms with Crippen molar-refractivity contribution in [3.63, 3.8) is 0 Å². The summed E-state index contributed by atoms with van der Waals surface area (Å²) in [5.41, 5.74) is 8.80. The molecule has 5 amide bonds. The number of hydrogen-bond donors (Lipinski definition) is 7. The van der Waals surface area contributed by atoms with Gasteiger partial charge in [0.1, 0.15) is 24.2 Å². The number of aliphatic hydroxyl groups is 1. The van der Waals surface area contributed by atoms with Crippen LogP contribution in [0.3, 0.4) is 0 Å². The number of hydrogen-bond acceptors (Lipinski definition) is 11. The normalized spacial score (nSPS) is 15.5. The minimum Gasteiger partial charge on any atom is -0.391 e. The monoisotopic (exact) mass is 960 g/mol. The third kappa shape index (κ3) is 11.7. The van der Waals surface area contributed by atoms with E-state index in [1.165, 1.54) is 11.2 Å². The maximum Gasteiger partial charge on any atom is 0.255 e. The van der Waals surface area contributed by atoms with Gasteiger partial charge in [0.25, 0.3) is 5.91 Å². The number of amides is 5. The average Bonchev–Trinajstić information content (AvgIpc) is 4.09. The number of para-hydroxylation sites is 1. The van der Waals surface area contributed by atoms with E-state index >= 15 is 0 Å². The molecule has 70 heavy (non-hydrogen) atoms. The van der Waals surface area contributed by atoms with Crippen LogP contribution in [-0.4, -0.2) is 84.2 Å². The number of carbonyl (C=O) groups is 5. The van der Waals surface area contributed by atoms with E-state index < -0.39 is 41.3 Å². The molecule has 0 spiro atoms. The number of fused-ring (bicyclic) bond motifs is 1. The maximum atomic E-state index is 14.1. The summed E-state index contributed by atoms with van der Waals surface area (Å²) in [5, 5.41) is 26.6. The molecule has 0 saturated carbocycles. The van der Waals surface area contributed by atoms with Gasteiger partial charge in [-0.15, -0.1) is 11.3 Å². The summed E-state index contributed by atoms with van der Waals surface area (Å²) in [5.74, 6) is -1.36. The fourth-order valence-corrected chi connectivity index (χ4v) is 9.28. The number of carbonyl (C=O) groups excluding carboxylic acids is 5. The van der Waals surface area contributed by atoms with Crippen molar-refractivity contribution >= 4 is 74.7 Å². The molecule has 4 heterocycles. The van der Waals surface area contributed by atoms with E-state index in [0.29, 0.717) is 28.4 Å². The number of anilines is 4. The summed E-state index contributed by atoms with van der Waals surface area (Å²) in [6.07, 6.45) is 2.79. The highest BCUT2D eigenvalue weighted by Gasteiger charge is 2.44. The molecule has 0 radical (unpaired) electrons. The Kier molecular flexibility index (Phi) is 14.8. The number of aliphatic hydroxyl groups excluding tert-OH is 1. The van der Waals surface area contributed by atoms with Crippen LogP contribution < -0.4 is 26.6 Å². The van der Waals surface area contributed by atoms with E-state index in [-0.39, 0.29) is 50.1 Å². The summed E-state index contributed by atoms with van der Waals surface area (Å²) < 4.78 is 0. The molecule has 4 aromatic carbocycles. The predicted molar refractivity (Wildman–Crippen MR) is 272 cm³/mol. The number of β-amino-alcohol motifs (C(OH)–C–C–N with tert-alkyl or cyclic N) is 1. The van der Waals surface area contributed by atoms with Gasteiger partial charge in [-0.3, -0.25) is 24.0 Å². The standard InChI is InChI=1S/C53H56N10O6S/c1-31(33-16-18-34(19-17-33)48-32(2)57-30-70-48)58-51(68)44-25-39(64)28-63(44)52(69)49(53(3,4)5)62-47(66)15-9-14-46(65)60-36-22-20-35(21-23-36)50(67)61-38-11-8-10-37(24-38)59-45-26-43(55-29-56-45)41-27-54-42-13-7-6-12-40(41)42/h6-8,10-13,16-24,26-27,29-31,39,44,49,54,64H,9,14-15,25,28H2,1-5H3,(H,58,68)(H,60,65)(H,61,67)(H,62,66)(H,55,56,59)/t31-,39+,44?,49+/m0/s1. The summed E-state index contributed by atoms with van der Waals surface area (Å²) >= 11 is 1.56. The summed E-state index contributed by atoms with van der Waals surface area (Å²) in [6, 6.07) is 29.2. The number of aryl methyl sites for hydroxylation is 1. The smallest absolute Gasteiger partial charge is 0.255 e. The van der Waals surface area contributed by atoms with Crippen LogP contribution in [0.15, 0.2) is 121 Å². The molecule has 0 bridgehead atoms. The topological polar surface area (TPSA) is 223 Å². The van der Waals surface area contributed by atoms with Crippen LogP contribution in [0.1, 0.15) is 81.0 Å². The second kappa shape index (κ2) is 21.3. The van der Waals surface area contributed by atoms with Gasteiger partial charge in [0.2, 0.25) is 23.6 Å². The molecule has 1 fully saturated rings. The molecule has 8 rings (SSSR count). The Morgan fingerprint density at radius 3 is 2.31 bits per heavy atom. The molecular formula is C53H56N10O6S. The lowest BCUT2D eigenvalue weighted by Gasteiger charge is -2.35. The summed E-state index contributed by atoms with van der Waals surface area (Å²) in [4.78, 5) is 86.1. The molecule has 1 aliphatic rings. The Balaban J connectivity index is 0.790. The van der Waals surface area contributed by atoms with E-state index in [2.05, 4.69) is 46.5 Å². The van der Waals surface area contributed by atoms with Crippen molar-refractivity contribution in [3.05, 3.63) is 138 Å². The van der Waals surface area contributed by atoms with Crippen LogP contribution in [0, 0.1) is 12.3 Å². The first-order valence-corrected chi connectivity index (χ1v) is 24.0. The molecule has 7 N–H and O–H groups in total. The number of aromatic amines is 1. The molecule has 3 aromatic heterocycles. The maximum absolute atomic E-state index is 14.1. The Bertz CT molecular complexity index is 3020. The lowest BCUT2D eigenvalue weighted by molar-refractivity contribution is -0.144. The van der Waals surface area contributed by atoms with Crippen LogP contribution in [0.5, 0.6) is 0 Å². The fourth-order valence-electron chi connectivity index (χ4n) is 8.47. The summed E-state index contributed by atoms with van der Waals surface area (Å²) in [6.45, 7) is 9.23. The van der Waals surface area contributed by atoms with Gasteiger partial charge in [-0.2, -0.15) is 0 Å².